The van der Waals surface area contributed by atoms with Gasteiger partial charge in [-0.3, -0.25) is 14.5 Å². The van der Waals surface area contributed by atoms with Gasteiger partial charge in [0.05, 0.1) is 25.0 Å². The van der Waals surface area contributed by atoms with Gasteiger partial charge < -0.3 is 9.64 Å². The molecule has 0 N–H and O–H groups in total. The molecule has 1 atom stereocenters. The van der Waals surface area contributed by atoms with Crippen LogP contribution >= 0.6 is 11.6 Å². The van der Waals surface area contributed by atoms with E-state index in [2.05, 4.69) is 10.0 Å². The first-order valence-electron chi connectivity index (χ1n) is 13.0. The second-order valence-corrected chi connectivity index (χ2v) is 10.3. The third-order valence-electron chi connectivity index (χ3n) is 7.50. The van der Waals surface area contributed by atoms with E-state index in [4.69, 9.17) is 16.3 Å². The van der Waals surface area contributed by atoms with Gasteiger partial charge in [0, 0.05) is 54.7 Å². The molecule has 2 heterocycles. The van der Waals surface area contributed by atoms with Crippen molar-refractivity contribution in [2.24, 2.45) is 11.0 Å². The van der Waals surface area contributed by atoms with Crippen molar-refractivity contribution >= 4 is 29.1 Å². The van der Waals surface area contributed by atoms with Crippen LogP contribution in [-0.4, -0.2) is 78.3 Å². The number of hydrogen-bond donors (Lipinski definition) is 0. The molecule has 2 aromatic carbocycles. The molecular weight excluding hydrogens is 495 g/mol. The van der Waals surface area contributed by atoms with Crippen LogP contribution in [-0.2, 0) is 14.3 Å². The number of nitrogens with zero attached hydrogens (tertiary/aromatic N) is 4. The summed E-state index contributed by atoms with van der Waals surface area (Å²) in [4.78, 5) is 30.9. The monoisotopic (exact) mass is 526 g/mol. The summed E-state index contributed by atoms with van der Waals surface area (Å²) in [5.74, 6) is -0.731. The summed E-state index contributed by atoms with van der Waals surface area (Å²) in [6.07, 6.45) is 3.09. The van der Waals surface area contributed by atoms with E-state index in [1.807, 2.05) is 18.2 Å². The average Bonchev–Trinajstić information content (AvgIpc) is 3.31. The SMILES string of the molecule is O=C(C1CCC1)N(CCN1CCOCC1)CC(=O)N1N=C(c2ccccc2Cl)C[C@H]1c1ccccc1F. The molecule has 3 aliphatic rings. The summed E-state index contributed by atoms with van der Waals surface area (Å²) in [6, 6.07) is 13.1. The fraction of sp³-hybridized carbons (Fsp3) is 0.464. The van der Waals surface area contributed by atoms with Gasteiger partial charge in [-0.2, -0.15) is 5.10 Å². The zero-order valence-corrected chi connectivity index (χ0v) is 21.6. The second-order valence-electron chi connectivity index (χ2n) is 9.85. The van der Waals surface area contributed by atoms with Gasteiger partial charge in [0.15, 0.2) is 0 Å². The minimum absolute atomic E-state index is 0.0183. The lowest BCUT2D eigenvalue weighted by molar-refractivity contribution is -0.145. The summed E-state index contributed by atoms with van der Waals surface area (Å²) in [6.45, 7) is 4.02. The number of halogens is 2. The standard InChI is InChI=1S/C28H32ClFN4O3/c29-23-10-3-1-8-21(23)25-18-26(22-9-2-4-11-24(22)30)34(31-25)27(35)19-33(28(36)20-6-5-7-20)13-12-32-14-16-37-17-15-32/h1-4,8-11,20,26H,5-7,12-19H2/t26-/m0/s1. The van der Waals surface area contributed by atoms with Crippen LogP contribution in [0.1, 0.15) is 42.9 Å². The maximum Gasteiger partial charge on any atom is 0.262 e. The summed E-state index contributed by atoms with van der Waals surface area (Å²) in [5.41, 5.74) is 1.74. The lowest BCUT2D eigenvalue weighted by Crippen LogP contribution is -2.49. The predicted octanol–water partition coefficient (Wildman–Crippen LogP) is 4.12. The van der Waals surface area contributed by atoms with Gasteiger partial charge in [-0.15, -0.1) is 0 Å². The summed E-state index contributed by atoms with van der Waals surface area (Å²) < 4.78 is 20.3. The van der Waals surface area contributed by atoms with Gasteiger partial charge in [-0.05, 0) is 25.0 Å². The maximum absolute atomic E-state index is 14.9. The molecule has 5 rings (SSSR count). The normalized spacial score (nSPS) is 20.4. The summed E-state index contributed by atoms with van der Waals surface area (Å²) in [5, 5.41) is 6.52. The van der Waals surface area contributed by atoms with Crippen molar-refractivity contribution < 1.29 is 18.7 Å². The van der Waals surface area contributed by atoms with Crippen LogP contribution in [0.25, 0.3) is 0 Å². The third-order valence-corrected chi connectivity index (χ3v) is 7.83. The van der Waals surface area contributed by atoms with Gasteiger partial charge in [-0.25, -0.2) is 9.40 Å². The lowest BCUT2D eigenvalue weighted by Gasteiger charge is -2.34. The molecular formula is C28H32ClFN4O3. The van der Waals surface area contributed by atoms with Crippen molar-refractivity contribution in [3.63, 3.8) is 0 Å². The number of hydrogen-bond acceptors (Lipinski definition) is 5. The molecule has 7 nitrogen and oxygen atoms in total. The number of ether oxygens (including phenoxy) is 1. The molecule has 2 aromatic rings. The molecule has 9 heteroatoms. The highest BCUT2D eigenvalue weighted by Crippen LogP contribution is 2.36. The molecule has 0 spiro atoms. The van der Waals surface area contributed by atoms with Gasteiger partial charge >= 0.3 is 0 Å². The molecule has 2 fully saturated rings. The molecule has 1 aliphatic carbocycles. The highest BCUT2D eigenvalue weighted by Gasteiger charge is 2.37. The Morgan fingerprint density at radius 2 is 1.81 bits per heavy atom. The topological polar surface area (TPSA) is 65.5 Å². The Bertz CT molecular complexity index is 1170. The maximum atomic E-state index is 14.9. The zero-order chi connectivity index (χ0) is 25.8. The van der Waals surface area contributed by atoms with E-state index in [1.54, 1.807) is 29.2 Å². The Morgan fingerprint density at radius 3 is 2.51 bits per heavy atom. The van der Waals surface area contributed by atoms with Crippen LogP contribution in [0.15, 0.2) is 53.6 Å². The van der Waals surface area contributed by atoms with Gasteiger partial charge in [-0.1, -0.05) is 54.4 Å². The van der Waals surface area contributed by atoms with Crippen LogP contribution in [0, 0.1) is 11.7 Å². The molecule has 196 valence electrons. The van der Waals surface area contributed by atoms with Crippen molar-refractivity contribution in [2.75, 3.05) is 45.9 Å². The minimum atomic E-state index is -0.611. The first-order chi connectivity index (χ1) is 18.0. The third kappa shape index (κ3) is 5.87. The number of benzene rings is 2. The van der Waals surface area contributed by atoms with E-state index in [0.717, 1.165) is 37.9 Å². The van der Waals surface area contributed by atoms with Crippen LogP contribution in [0.2, 0.25) is 5.02 Å². The van der Waals surface area contributed by atoms with Gasteiger partial charge in [0.2, 0.25) is 5.91 Å². The Kier molecular flexibility index (Phi) is 8.17. The number of carbonyl (C=O) groups is 2. The van der Waals surface area contributed by atoms with Crippen molar-refractivity contribution in [3.8, 4) is 0 Å². The minimum Gasteiger partial charge on any atom is -0.379 e. The largest absolute Gasteiger partial charge is 0.379 e. The van der Waals surface area contributed by atoms with Gasteiger partial charge in [0.1, 0.15) is 12.4 Å². The molecule has 1 saturated carbocycles. The fourth-order valence-electron chi connectivity index (χ4n) is 5.09. The smallest absolute Gasteiger partial charge is 0.262 e. The van der Waals surface area contributed by atoms with Crippen molar-refractivity contribution in [3.05, 3.63) is 70.5 Å². The zero-order valence-electron chi connectivity index (χ0n) is 20.8. The molecule has 0 bridgehead atoms. The Labute approximate surface area is 221 Å². The lowest BCUT2D eigenvalue weighted by atomic mass is 9.84. The van der Waals surface area contributed by atoms with E-state index >= 15 is 0 Å². The molecule has 0 aromatic heterocycles. The number of hydrazone groups is 1. The molecule has 0 radical (unpaired) electrons. The number of morpholine rings is 1. The Morgan fingerprint density at radius 1 is 1.08 bits per heavy atom. The molecule has 0 unspecified atom stereocenters. The predicted molar refractivity (Wildman–Crippen MR) is 140 cm³/mol. The number of amides is 2. The van der Waals surface area contributed by atoms with Crippen LogP contribution in [0.4, 0.5) is 4.39 Å². The highest BCUT2D eigenvalue weighted by molar-refractivity contribution is 6.34. The first-order valence-corrected chi connectivity index (χ1v) is 13.4. The van der Waals surface area contributed by atoms with E-state index in [9.17, 15) is 14.0 Å². The Balaban J connectivity index is 1.39. The fourth-order valence-corrected chi connectivity index (χ4v) is 5.33. The number of carbonyl (C=O) groups excluding carboxylic acids is 2. The number of rotatable bonds is 8. The molecule has 37 heavy (non-hydrogen) atoms. The van der Waals surface area contributed by atoms with E-state index in [0.29, 0.717) is 49.0 Å². The first kappa shape index (κ1) is 25.8. The molecule has 2 amide bonds. The second kappa shape index (κ2) is 11.7. The Hall–Kier alpha value is -2.81. The molecule has 2 aliphatic heterocycles. The highest BCUT2D eigenvalue weighted by atomic mass is 35.5. The summed E-state index contributed by atoms with van der Waals surface area (Å²) in [7, 11) is 0. The quantitative estimate of drug-likeness (QED) is 0.519. The van der Waals surface area contributed by atoms with Crippen molar-refractivity contribution in [1.29, 1.82) is 0 Å². The van der Waals surface area contributed by atoms with Gasteiger partial charge in [0.25, 0.3) is 5.91 Å². The van der Waals surface area contributed by atoms with Crippen LogP contribution in [0.5, 0.6) is 0 Å². The average molecular weight is 527 g/mol. The van der Waals surface area contributed by atoms with E-state index in [1.165, 1.54) is 11.1 Å². The van der Waals surface area contributed by atoms with Crippen LogP contribution < -0.4 is 0 Å². The van der Waals surface area contributed by atoms with E-state index in [-0.39, 0.29) is 24.3 Å². The van der Waals surface area contributed by atoms with Crippen molar-refractivity contribution in [2.45, 2.75) is 31.7 Å². The summed E-state index contributed by atoms with van der Waals surface area (Å²) >= 11 is 6.43. The van der Waals surface area contributed by atoms with E-state index < -0.39 is 11.9 Å². The molecule has 1 saturated heterocycles. The van der Waals surface area contributed by atoms with Crippen LogP contribution in [0.3, 0.4) is 0 Å². The van der Waals surface area contributed by atoms with Crippen molar-refractivity contribution in [1.82, 2.24) is 14.8 Å².